The molecule has 0 amide bonds. The second-order valence-electron chi connectivity index (χ2n) is 10.0. The summed E-state index contributed by atoms with van der Waals surface area (Å²) in [5.41, 5.74) is 0. The molecule has 0 saturated carbocycles. The molecule has 0 aliphatic rings. The number of carbonyl (C=O) groups excluding carboxylic acids is 1. The van der Waals surface area contributed by atoms with Crippen molar-refractivity contribution >= 4 is 5.97 Å². The van der Waals surface area contributed by atoms with Crippen LogP contribution in [0, 0.1) is 0 Å². The molecule has 264 valence electrons. The number of aliphatic hydroxyl groups excluding tert-OH is 1. The van der Waals surface area contributed by atoms with Crippen molar-refractivity contribution in [3.63, 3.8) is 0 Å². The summed E-state index contributed by atoms with van der Waals surface area (Å²) < 4.78 is 53.7. The molecule has 0 unspecified atom stereocenters. The predicted octanol–water partition coefficient (Wildman–Crippen LogP) is 3.59. The number of aliphatic hydroxyl groups is 1. The minimum Gasteiger partial charge on any atom is -0.463 e. The van der Waals surface area contributed by atoms with Gasteiger partial charge in [-0.1, -0.05) is 58.3 Å². The summed E-state index contributed by atoms with van der Waals surface area (Å²) in [6.45, 7) is 11.1. The number of ether oxygens (including phenoxy) is 10. The van der Waals surface area contributed by atoms with Crippen molar-refractivity contribution in [3.8, 4) is 0 Å². The molecule has 0 radical (unpaired) electrons. The summed E-state index contributed by atoms with van der Waals surface area (Å²) in [5, 5.41) is 8.57. The van der Waals surface area contributed by atoms with Gasteiger partial charge in [-0.2, -0.15) is 0 Å². The SMILES string of the molecule is CCCCCCCCCCCC(=O)OCCOCCOCCOCCOCCOCCOCCOCCOCCOCCO. The first kappa shape index (κ1) is 43.1. The molecule has 0 aromatic carbocycles. The van der Waals surface area contributed by atoms with Gasteiger partial charge in [0.15, 0.2) is 0 Å². The van der Waals surface area contributed by atoms with Gasteiger partial charge in [0.2, 0.25) is 0 Å². The van der Waals surface area contributed by atoms with Gasteiger partial charge in [0.05, 0.1) is 126 Å². The number of esters is 1. The quantitative estimate of drug-likeness (QED) is 0.0779. The van der Waals surface area contributed by atoms with Gasteiger partial charge in [0.25, 0.3) is 0 Å². The van der Waals surface area contributed by atoms with Crippen molar-refractivity contribution in [1.29, 1.82) is 0 Å². The fraction of sp³-hybridized carbons (Fsp3) is 0.969. The molecule has 0 spiro atoms. The Labute approximate surface area is 266 Å². The van der Waals surface area contributed by atoms with Gasteiger partial charge in [-0.05, 0) is 6.42 Å². The summed E-state index contributed by atoms with van der Waals surface area (Å²) in [7, 11) is 0. The maximum atomic E-state index is 11.8. The Morgan fingerprint density at radius 2 is 0.659 bits per heavy atom. The standard InChI is InChI=1S/C32H64O12/c1-2-3-4-5-6-7-8-9-10-11-32(34)44-31-30-43-29-28-42-27-26-41-25-24-40-23-22-39-21-20-38-19-18-37-17-16-36-15-14-35-13-12-33/h33H,2-31H2,1H3. The van der Waals surface area contributed by atoms with Gasteiger partial charge >= 0.3 is 5.97 Å². The summed E-state index contributed by atoms with van der Waals surface area (Å²) >= 11 is 0. The van der Waals surface area contributed by atoms with Crippen LogP contribution in [0.25, 0.3) is 0 Å². The van der Waals surface area contributed by atoms with Crippen LogP contribution in [-0.4, -0.2) is 143 Å². The second-order valence-corrected chi connectivity index (χ2v) is 10.0. The Morgan fingerprint density at radius 1 is 0.386 bits per heavy atom. The highest BCUT2D eigenvalue weighted by atomic mass is 16.6. The van der Waals surface area contributed by atoms with Gasteiger partial charge in [0.1, 0.15) is 6.61 Å². The third-order valence-electron chi connectivity index (χ3n) is 6.19. The van der Waals surface area contributed by atoms with E-state index in [2.05, 4.69) is 6.92 Å². The molecule has 0 aromatic heterocycles. The topological polar surface area (TPSA) is 130 Å². The van der Waals surface area contributed by atoms with Gasteiger partial charge in [-0.25, -0.2) is 0 Å². The van der Waals surface area contributed by atoms with E-state index in [0.717, 1.165) is 12.8 Å². The van der Waals surface area contributed by atoms with E-state index < -0.39 is 0 Å². The lowest BCUT2D eigenvalue weighted by molar-refractivity contribution is -0.145. The normalized spacial score (nSPS) is 11.4. The first-order valence-corrected chi connectivity index (χ1v) is 16.8. The number of carbonyl (C=O) groups is 1. The van der Waals surface area contributed by atoms with Gasteiger partial charge in [-0.15, -0.1) is 0 Å². The Balaban J connectivity index is 3.11. The Kier molecular flexibility index (Phi) is 39.2. The highest BCUT2D eigenvalue weighted by Gasteiger charge is 2.03. The maximum absolute atomic E-state index is 11.8. The van der Waals surface area contributed by atoms with E-state index >= 15 is 0 Å². The molecule has 0 aromatic rings. The largest absolute Gasteiger partial charge is 0.463 e. The minimum absolute atomic E-state index is 0.0248. The number of hydrogen-bond acceptors (Lipinski definition) is 12. The highest BCUT2D eigenvalue weighted by Crippen LogP contribution is 2.10. The minimum atomic E-state index is -0.137. The average molecular weight is 641 g/mol. The zero-order chi connectivity index (χ0) is 31.9. The first-order valence-electron chi connectivity index (χ1n) is 16.8. The molecule has 0 heterocycles. The zero-order valence-corrected chi connectivity index (χ0v) is 27.7. The van der Waals surface area contributed by atoms with E-state index in [0.29, 0.717) is 125 Å². The van der Waals surface area contributed by atoms with E-state index in [9.17, 15) is 4.79 Å². The molecule has 12 heteroatoms. The maximum Gasteiger partial charge on any atom is 0.305 e. The van der Waals surface area contributed by atoms with Crippen LogP contribution in [0.15, 0.2) is 0 Å². The molecule has 0 aliphatic heterocycles. The summed E-state index contributed by atoms with van der Waals surface area (Å²) in [6, 6.07) is 0. The average Bonchev–Trinajstić information content (AvgIpc) is 3.03. The number of rotatable bonds is 39. The monoisotopic (exact) mass is 640 g/mol. The first-order chi connectivity index (χ1) is 21.8. The molecule has 44 heavy (non-hydrogen) atoms. The summed E-state index contributed by atoms with van der Waals surface area (Å²) in [6.07, 6.45) is 11.6. The third kappa shape index (κ3) is 39.1. The third-order valence-corrected chi connectivity index (χ3v) is 6.19. The van der Waals surface area contributed by atoms with E-state index in [4.69, 9.17) is 52.5 Å². The second kappa shape index (κ2) is 40.1. The van der Waals surface area contributed by atoms with Gasteiger partial charge in [0, 0.05) is 6.42 Å². The molecule has 0 bridgehead atoms. The van der Waals surface area contributed by atoms with Crippen molar-refractivity contribution in [2.75, 3.05) is 132 Å². The molecule has 1 N–H and O–H groups in total. The van der Waals surface area contributed by atoms with Crippen molar-refractivity contribution < 1.29 is 57.3 Å². The zero-order valence-electron chi connectivity index (χ0n) is 27.7. The van der Waals surface area contributed by atoms with Crippen LogP contribution in [-0.2, 0) is 52.2 Å². The van der Waals surface area contributed by atoms with Crippen LogP contribution in [0.5, 0.6) is 0 Å². The molecule has 0 atom stereocenters. The summed E-state index contributed by atoms with van der Waals surface area (Å²) in [5.74, 6) is -0.137. The van der Waals surface area contributed by atoms with E-state index in [1.807, 2.05) is 0 Å². The number of hydrogen-bond donors (Lipinski definition) is 1. The lowest BCUT2D eigenvalue weighted by Gasteiger charge is -2.09. The van der Waals surface area contributed by atoms with Crippen molar-refractivity contribution in [2.45, 2.75) is 71.1 Å². The van der Waals surface area contributed by atoms with Crippen LogP contribution in [0.1, 0.15) is 71.1 Å². The van der Waals surface area contributed by atoms with E-state index in [1.54, 1.807) is 0 Å². The van der Waals surface area contributed by atoms with Crippen LogP contribution in [0.2, 0.25) is 0 Å². The molecule has 0 rings (SSSR count). The van der Waals surface area contributed by atoms with E-state index in [-0.39, 0.29) is 19.2 Å². The molecule has 0 saturated heterocycles. The van der Waals surface area contributed by atoms with Crippen molar-refractivity contribution in [2.24, 2.45) is 0 Å². The fourth-order valence-electron chi connectivity index (χ4n) is 3.79. The molecule has 12 nitrogen and oxygen atoms in total. The van der Waals surface area contributed by atoms with E-state index in [1.165, 1.54) is 44.9 Å². The van der Waals surface area contributed by atoms with Gasteiger partial charge < -0.3 is 52.5 Å². The van der Waals surface area contributed by atoms with Gasteiger partial charge in [-0.3, -0.25) is 4.79 Å². The van der Waals surface area contributed by atoms with Crippen LogP contribution in [0.3, 0.4) is 0 Å². The Bertz CT molecular complexity index is 541. The molecule has 0 aliphatic carbocycles. The predicted molar refractivity (Wildman–Crippen MR) is 167 cm³/mol. The summed E-state index contributed by atoms with van der Waals surface area (Å²) in [4.78, 5) is 11.8. The molecular weight excluding hydrogens is 576 g/mol. The van der Waals surface area contributed by atoms with Crippen LogP contribution >= 0.6 is 0 Å². The highest BCUT2D eigenvalue weighted by molar-refractivity contribution is 5.69. The molecule has 0 fully saturated rings. The van der Waals surface area contributed by atoms with Crippen LogP contribution < -0.4 is 0 Å². The van der Waals surface area contributed by atoms with Crippen LogP contribution in [0.4, 0.5) is 0 Å². The van der Waals surface area contributed by atoms with Crippen molar-refractivity contribution in [3.05, 3.63) is 0 Å². The number of unbranched alkanes of at least 4 members (excludes halogenated alkanes) is 8. The Morgan fingerprint density at radius 3 is 0.977 bits per heavy atom. The Hall–Kier alpha value is -0.930. The lowest BCUT2D eigenvalue weighted by Crippen LogP contribution is -2.15. The van der Waals surface area contributed by atoms with Crippen molar-refractivity contribution in [1.82, 2.24) is 0 Å². The fourth-order valence-corrected chi connectivity index (χ4v) is 3.79. The smallest absolute Gasteiger partial charge is 0.305 e. The molecular formula is C32H64O12. The lowest BCUT2D eigenvalue weighted by atomic mass is 10.1.